The Hall–Kier alpha value is -3.43. The Bertz CT molecular complexity index is 1330. The van der Waals surface area contributed by atoms with Crippen LogP contribution in [0.3, 0.4) is 0 Å². The van der Waals surface area contributed by atoms with E-state index in [-0.39, 0.29) is 11.4 Å². The van der Waals surface area contributed by atoms with Crippen LogP contribution < -0.4 is 4.74 Å². The summed E-state index contributed by atoms with van der Waals surface area (Å²) in [5.41, 5.74) is 4.07. The van der Waals surface area contributed by atoms with Crippen molar-refractivity contribution in [2.75, 3.05) is 7.11 Å². The lowest BCUT2D eigenvalue weighted by Gasteiger charge is -2.20. The topological polar surface area (TPSA) is 83.0 Å². The number of methoxy groups -OCH3 is 1. The van der Waals surface area contributed by atoms with E-state index in [0.717, 1.165) is 38.3 Å². The van der Waals surface area contributed by atoms with Gasteiger partial charge in [0, 0.05) is 17.1 Å². The average Bonchev–Trinajstić information content (AvgIpc) is 3.51. The number of aliphatic imine (C=N–C) groups is 1. The number of thioether (sulfide) groups is 1. The maximum absolute atomic E-state index is 12.8. The summed E-state index contributed by atoms with van der Waals surface area (Å²) in [6, 6.07) is 13.7. The molecule has 9 heteroatoms. The van der Waals surface area contributed by atoms with Gasteiger partial charge in [0.25, 0.3) is 5.91 Å². The monoisotopic (exact) mass is 461 g/mol. The number of fused-ring (bicyclic) bond motifs is 1. The third kappa shape index (κ3) is 3.39. The van der Waals surface area contributed by atoms with Crippen LogP contribution >= 0.6 is 23.1 Å². The molecule has 0 spiro atoms. The number of hydrogen-bond acceptors (Lipinski definition) is 6. The molecular formula is C23H19N5O2S2. The number of nitrogens with one attached hydrogen (secondary N) is 1. The summed E-state index contributed by atoms with van der Waals surface area (Å²) in [7, 11) is 1.64. The number of carbonyl (C=O) groups is 1. The SMILES string of the molecule is COc1ccc(-n2c(C)cc(C=C3C(=N)N4N=C(c5cccs5)SC4=NC3=O)c2C)cc1. The minimum atomic E-state index is -0.425. The van der Waals surface area contributed by atoms with Crippen molar-refractivity contribution in [1.82, 2.24) is 9.58 Å². The third-order valence-corrected chi connectivity index (χ3v) is 7.23. The molecule has 0 bridgehead atoms. The van der Waals surface area contributed by atoms with E-state index >= 15 is 0 Å². The first kappa shape index (κ1) is 20.5. The molecule has 5 rings (SSSR count). The van der Waals surface area contributed by atoms with Gasteiger partial charge in [0.15, 0.2) is 5.84 Å². The number of rotatable bonds is 4. The van der Waals surface area contributed by atoms with Crippen molar-refractivity contribution in [2.45, 2.75) is 13.8 Å². The molecule has 7 nitrogen and oxygen atoms in total. The summed E-state index contributed by atoms with van der Waals surface area (Å²) < 4.78 is 7.36. The zero-order chi connectivity index (χ0) is 22.4. The number of amides is 1. The van der Waals surface area contributed by atoms with Crippen LogP contribution in [-0.2, 0) is 4.79 Å². The minimum absolute atomic E-state index is 0.0355. The van der Waals surface area contributed by atoms with E-state index in [1.807, 2.05) is 61.7 Å². The quantitative estimate of drug-likeness (QED) is 0.564. The minimum Gasteiger partial charge on any atom is -0.497 e. The lowest BCUT2D eigenvalue weighted by atomic mass is 10.1. The fourth-order valence-electron chi connectivity index (χ4n) is 3.71. The number of hydrazone groups is 1. The van der Waals surface area contributed by atoms with Crippen LogP contribution in [0.1, 0.15) is 21.8 Å². The smallest absolute Gasteiger partial charge is 0.283 e. The lowest BCUT2D eigenvalue weighted by molar-refractivity contribution is -0.114. The highest BCUT2D eigenvalue weighted by atomic mass is 32.2. The molecule has 32 heavy (non-hydrogen) atoms. The standard InChI is InChI=1S/C23H19N5O2S2/c1-13-11-15(14(2)27(13)16-6-8-17(30-3)9-7-16)12-18-20(24)28-23(25-21(18)29)32-22(26-28)19-5-4-10-31-19/h4-12,24H,1-3H3. The van der Waals surface area contributed by atoms with Gasteiger partial charge in [0.2, 0.25) is 5.17 Å². The van der Waals surface area contributed by atoms with Gasteiger partial charge in [0.1, 0.15) is 10.8 Å². The molecular weight excluding hydrogens is 442 g/mol. The van der Waals surface area contributed by atoms with Crippen LogP contribution in [0.2, 0.25) is 0 Å². The van der Waals surface area contributed by atoms with Gasteiger partial charge in [-0.05, 0) is 79.0 Å². The zero-order valence-electron chi connectivity index (χ0n) is 17.6. The molecule has 160 valence electrons. The van der Waals surface area contributed by atoms with Gasteiger partial charge in [0.05, 0.1) is 17.6 Å². The van der Waals surface area contributed by atoms with E-state index in [4.69, 9.17) is 10.1 Å². The van der Waals surface area contributed by atoms with Crippen molar-refractivity contribution < 1.29 is 9.53 Å². The largest absolute Gasteiger partial charge is 0.497 e. The highest BCUT2D eigenvalue weighted by molar-refractivity contribution is 8.27. The van der Waals surface area contributed by atoms with Crippen molar-refractivity contribution in [3.63, 3.8) is 0 Å². The van der Waals surface area contributed by atoms with E-state index in [1.165, 1.54) is 16.8 Å². The summed E-state index contributed by atoms with van der Waals surface area (Å²) in [6.07, 6.45) is 1.73. The second-order valence-corrected chi connectivity index (χ2v) is 9.17. The van der Waals surface area contributed by atoms with Crippen LogP contribution in [0.4, 0.5) is 0 Å². The first-order valence-electron chi connectivity index (χ1n) is 9.83. The van der Waals surface area contributed by atoms with Gasteiger partial charge in [-0.15, -0.1) is 11.3 Å². The first-order valence-corrected chi connectivity index (χ1v) is 11.5. The van der Waals surface area contributed by atoms with Crippen molar-refractivity contribution in [2.24, 2.45) is 10.1 Å². The number of aromatic nitrogens is 1. The number of nitrogens with zero attached hydrogens (tertiary/aromatic N) is 4. The predicted molar refractivity (Wildman–Crippen MR) is 130 cm³/mol. The van der Waals surface area contributed by atoms with Gasteiger partial charge in [-0.3, -0.25) is 10.2 Å². The van der Waals surface area contributed by atoms with Crippen molar-refractivity contribution in [1.29, 1.82) is 5.41 Å². The van der Waals surface area contributed by atoms with Crippen LogP contribution in [0.15, 0.2) is 63.5 Å². The van der Waals surface area contributed by atoms with E-state index < -0.39 is 5.91 Å². The fraction of sp³-hybridized carbons (Fsp3) is 0.130. The van der Waals surface area contributed by atoms with Gasteiger partial charge in [-0.25, -0.2) is 0 Å². The molecule has 0 unspecified atom stereocenters. The number of carbonyl (C=O) groups excluding carboxylic acids is 1. The normalized spacial score (nSPS) is 17.0. The average molecular weight is 462 g/mol. The number of thiophene rings is 1. The van der Waals surface area contributed by atoms with Gasteiger partial charge in [-0.2, -0.15) is 15.1 Å². The summed E-state index contributed by atoms with van der Waals surface area (Å²) >= 11 is 2.87. The van der Waals surface area contributed by atoms with Crippen molar-refractivity contribution in [3.8, 4) is 11.4 Å². The second kappa shape index (κ2) is 7.92. The number of ether oxygens (including phenoxy) is 1. The molecule has 1 N–H and O–H groups in total. The maximum atomic E-state index is 12.8. The molecule has 3 aromatic rings. The van der Waals surface area contributed by atoms with E-state index in [1.54, 1.807) is 24.5 Å². The van der Waals surface area contributed by atoms with Crippen LogP contribution in [0.25, 0.3) is 11.8 Å². The Balaban J connectivity index is 1.50. The lowest BCUT2D eigenvalue weighted by Crippen LogP contribution is -2.35. The molecule has 0 radical (unpaired) electrons. The van der Waals surface area contributed by atoms with Crippen LogP contribution in [0.5, 0.6) is 5.75 Å². The number of aryl methyl sites for hydroxylation is 1. The third-order valence-electron chi connectivity index (χ3n) is 5.29. The van der Waals surface area contributed by atoms with Crippen LogP contribution in [-0.4, -0.2) is 38.6 Å². The van der Waals surface area contributed by atoms with Gasteiger partial charge >= 0.3 is 0 Å². The molecule has 2 aliphatic rings. The molecule has 4 heterocycles. The zero-order valence-corrected chi connectivity index (χ0v) is 19.3. The predicted octanol–water partition coefficient (Wildman–Crippen LogP) is 4.83. The molecule has 0 fully saturated rings. The van der Waals surface area contributed by atoms with E-state index in [9.17, 15) is 4.79 Å². The van der Waals surface area contributed by atoms with Gasteiger partial charge in [-0.1, -0.05) is 6.07 Å². The van der Waals surface area contributed by atoms with Crippen molar-refractivity contribution in [3.05, 3.63) is 75.2 Å². The molecule has 2 aromatic heterocycles. The molecule has 0 aliphatic carbocycles. The number of benzene rings is 1. The fourth-order valence-corrected chi connectivity index (χ4v) is 5.39. The van der Waals surface area contributed by atoms with Crippen molar-refractivity contribution >= 4 is 51.1 Å². The van der Waals surface area contributed by atoms with Crippen LogP contribution in [0, 0.1) is 19.3 Å². The summed E-state index contributed by atoms with van der Waals surface area (Å²) in [6.45, 7) is 4.01. The van der Waals surface area contributed by atoms with Gasteiger partial charge < -0.3 is 9.30 Å². The van der Waals surface area contributed by atoms with E-state index in [2.05, 4.69) is 14.7 Å². The molecule has 2 aliphatic heterocycles. The summed E-state index contributed by atoms with van der Waals surface area (Å²) in [5, 5.41) is 17.7. The Morgan fingerprint density at radius 1 is 1.16 bits per heavy atom. The Morgan fingerprint density at radius 3 is 2.62 bits per heavy atom. The second-order valence-electron chi connectivity index (χ2n) is 7.26. The number of amidine groups is 2. The molecule has 0 atom stereocenters. The Labute approximate surface area is 193 Å². The van der Waals surface area contributed by atoms with E-state index in [0.29, 0.717) is 5.17 Å². The summed E-state index contributed by atoms with van der Waals surface area (Å²) in [4.78, 5) is 18.0. The Kier molecular flexibility index (Phi) is 5.07. The summed E-state index contributed by atoms with van der Waals surface area (Å²) in [5.74, 6) is 0.401. The number of hydrogen-bond donors (Lipinski definition) is 1. The maximum Gasteiger partial charge on any atom is 0.283 e. The molecule has 0 saturated heterocycles. The molecule has 0 saturated carbocycles. The molecule has 1 aromatic carbocycles. The Morgan fingerprint density at radius 2 is 1.94 bits per heavy atom. The molecule has 1 amide bonds. The first-order chi connectivity index (χ1) is 15.5. The highest BCUT2D eigenvalue weighted by Gasteiger charge is 2.36. The highest BCUT2D eigenvalue weighted by Crippen LogP contribution is 2.33.